The third-order valence-electron chi connectivity index (χ3n) is 4.29. The maximum absolute atomic E-state index is 12.7. The van der Waals surface area contributed by atoms with E-state index in [1.807, 2.05) is 0 Å². The van der Waals surface area contributed by atoms with Gasteiger partial charge >= 0.3 is 11.8 Å². The van der Waals surface area contributed by atoms with Crippen molar-refractivity contribution < 1.29 is 14.0 Å². The Hall–Kier alpha value is -2.77. The quantitative estimate of drug-likeness (QED) is 0.850. The number of urea groups is 1. The number of carbonyl (C=O) groups excluding carboxylic acids is 2. The molecule has 0 unspecified atom stereocenters. The Morgan fingerprint density at radius 1 is 1.15 bits per heavy atom. The van der Waals surface area contributed by atoms with Crippen molar-refractivity contribution in [3.63, 3.8) is 0 Å². The van der Waals surface area contributed by atoms with Crippen LogP contribution in [0.3, 0.4) is 0 Å². The number of hydrogen-bond donors (Lipinski definition) is 2. The van der Waals surface area contributed by atoms with Gasteiger partial charge in [0.1, 0.15) is 0 Å². The van der Waals surface area contributed by atoms with Crippen molar-refractivity contribution in [2.45, 2.75) is 20.8 Å². The number of H-pyrrole nitrogens is 1. The number of piperazine rings is 1. The minimum Gasteiger partial charge on any atom is -0.408 e. The first-order valence-electron chi connectivity index (χ1n) is 8.68. The molecule has 0 saturated carbocycles. The molecule has 140 valence electrons. The molecule has 8 nitrogen and oxygen atoms in total. The van der Waals surface area contributed by atoms with Crippen LogP contribution in [-0.2, 0) is 0 Å². The lowest BCUT2D eigenvalue weighted by Crippen LogP contribution is -2.53. The third-order valence-corrected chi connectivity index (χ3v) is 4.29. The first-order valence-corrected chi connectivity index (χ1v) is 8.68. The molecule has 1 saturated heterocycles. The molecule has 3 amide bonds. The van der Waals surface area contributed by atoms with Gasteiger partial charge in [-0.05, 0) is 23.6 Å². The number of nitrogens with one attached hydrogen (secondary N) is 2. The minimum absolute atomic E-state index is 0.0279. The van der Waals surface area contributed by atoms with Crippen molar-refractivity contribution in [3.05, 3.63) is 34.3 Å². The molecule has 2 heterocycles. The van der Waals surface area contributed by atoms with Gasteiger partial charge in [-0.1, -0.05) is 20.8 Å². The van der Waals surface area contributed by atoms with Crippen molar-refractivity contribution in [1.82, 2.24) is 20.1 Å². The summed E-state index contributed by atoms with van der Waals surface area (Å²) in [7, 11) is 0. The smallest absolute Gasteiger partial charge is 0.408 e. The van der Waals surface area contributed by atoms with Gasteiger partial charge in [0.2, 0.25) is 0 Å². The zero-order valence-corrected chi connectivity index (χ0v) is 15.3. The van der Waals surface area contributed by atoms with Crippen LogP contribution in [0.1, 0.15) is 31.1 Å². The number of fused-ring (bicyclic) bond motifs is 1. The maximum atomic E-state index is 12.7. The number of benzene rings is 1. The summed E-state index contributed by atoms with van der Waals surface area (Å²) >= 11 is 0. The molecule has 0 atom stereocenters. The van der Waals surface area contributed by atoms with Crippen LogP contribution in [0.4, 0.5) is 4.79 Å². The second-order valence-corrected chi connectivity index (χ2v) is 7.72. The predicted molar refractivity (Wildman–Crippen MR) is 97.2 cm³/mol. The lowest BCUT2D eigenvalue weighted by Gasteiger charge is -2.35. The van der Waals surface area contributed by atoms with Crippen molar-refractivity contribution in [1.29, 1.82) is 0 Å². The van der Waals surface area contributed by atoms with Gasteiger partial charge in [0.15, 0.2) is 5.58 Å². The summed E-state index contributed by atoms with van der Waals surface area (Å²) in [6.07, 6.45) is 0. The van der Waals surface area contributed by atoms with Crippen LogP contribution >= 0.6 is 0 Å². The molecule has 1 aliphatic rings. The molecule has 2 aromatic rings. The van der Waals surface area contributed by atoms with Crippen LogP contribution in [0.5, 0.6) is 0 Å². The average molecular weight is 360 g/mol. The van der Waals surface area contributed by atoms with Gasteiger partial charge in [-0.2, -0.15) is 0 Å². The van der Waals surface area contributed by atoms with Gasteiger partial charge in [0.05, 0.1) is 5.52 Å². The van der Waals surface area contributed by atoms with E-state index < -0.39 is 5.76 Å². The molecule has 1 aromatic heterocycles. The number of hydrogen-bond acceptors (Lipinski definition) is 4. The molecule has 1 aromatic carbocycles. The van der Waals surface area contributed by atoms with E-state index in [2.05, 4.69) is 31.1 Å². The van der Waals surface area contributed by atoms with Crippen molar-refractivity contribution in [3.8, 4) is 0 Å². The van der Waals surface area contributed by atoms with E-state index >= 15 is 0 Å². The van der Waals surface area contributed by atoms with Crippen LogP contribution in [0.15, 0.2) is 27.4 Å². The van der Waals surface area contributed by atoms with Gasteiger partial charge in [-0.15, -0.1) is 0 Å². The van der Waals surface area contributed by atoms with E-state index in [1.54, 1.807) is 28.0 Å². The molecule has 26 heavy (non-hydrogen) atoms. The normalized spacial score (nSPS) is 15.3. The Bertz CT molecular complexity index is 869. The van der Waals surface area contributed by atoms with E-state index in [9.17, 15) is 14.4 Å². The van der Waals surface area contributed by atoms with E-state index in [1.165, 1.54) is 0 Å². The van der Waals surface area contributed by atoms with E-state index in [0.29, 0.717) is 49.4 Å². The Morgan fingerprint density at radius 2 is 1.81 bits per heavy atom. The number of amides is 3. The fraction of sp³-hybridized carbons (Fsp3) is 0.500. The standard InChI is InChI=1S/C18H24N4O4/c1-18(2,3)11-19-16(24)22-8-6-21(7-9-22)15(23)12-4-5-14-13(10-12)20-17(25)26-14/h4-5,10H,6-9,11H2,1-3H3,(H,19,24)(H,20,25). The highest BCUT2D eigenvalue weighted by Gasteiger charge is 2.25. The zero-order chi connectivity index (χ0) is 18.9. The number of aromatic nitrogens is 1. The Labute approximate surface area is 151 Å². The largest absolute Gasteiger partial charge is 0.417 e. The highest BCUT2D eigenvalue weighted by molar-refractivity contribution is 5.97. The van der Waals surface area contributed by atoms with E-state index in [0.717, 1.165) is 0 Å². The molecule has 1 fully saturated rings. The Balaban J connectivity index is 1.59. The summed E-state index contributed by atoms with van der Waals surface area (Å²) < 4.78 is 4.95. The third kappa shape index (κ3) is 4.07. The van der Waals surface area contributed by atoms with Crippen LogP contribution in [-0.4, -0.2) is 59.4 Å². The summed E-state index contributed by atoms with van der Waals surface area (Å²) in [6.45, 7) is 8.73. The second kappa shape index (κ2) is 6.86. The van der Waals surface area contributed by atoms with Gasteiger partial charge in [-0.3, -0.25) is 9.78 Å². The monoisotopic (exact) mass is 360 g/mol. The summed E-state index contributed by atoms with van der Waals surface area (Å²) in [5, 5.41) is 2.93. The van der Waals surface area contributed by atoms with Gasteiger partial charge in [0, 0.05) is 38.3 Å². The lowest BCUT2D eigenvalue weighted by molar-refractivity contribution is 0.0664. The summed E-state index contributed by atoms with van der Waals surface area (Å²) in [4.78, 5) is 42.1. The topological polar surface area (TPSA) is 98.7 Å². The molecular weight excluding hydrogens is 336 g/mol. The fourth-order valence-electron chi connectivity index (χ4n) is 2.83. The molecular formula is C18H24N4O4. The van der Waals surface area contributed by atoms with Gasteiger partial charge in [-0.25, -0.2) is 9.59 Å². The minimum atomic E-state index is -0.542. The number of carbonyl (C=O) groups is 2. The molecule has 0 aliphatic carbocycles. The zero-order valence-electron chi connectivity index (χ0n) is 15.3. The maximum Gasteiger partial charge on any atom is 0.417 e. The Kier molecular flexibility index (Phi) is 4.76. The van der Waals surface area contributed by atoms with Crippen molar-refractivity contribution in [2.24, 2.45) is 5.41 Å². The highest BCUT2D eigenvalue weighted by atomic mass is 16.4. The lowest BCUT2D eigenvalue weighted by atomic mass is 9.97. The average Bonchev–Trinajstić information content (AvgIpc) is 2.97. The van der Waals surface area contributed by atoms with Crippen molar-refractivity contribution >= 4 is 23.0 Å². The number of aromatic amines is 1. The first-order chi connectivity index (χ1) is 12.2. The van der Waals surface area contributed by atoms with E-state index in [4.69, 9.17) is 4.42 Å². The summed E-state index contributed by atoms with van der Waals surface area (Å²) in [5.74, 6) is -0.664. The molecule has 0 spiro atoms. The second-order valence-electron chi connectivity index (χ2n) is 7.72. The predicted octanol–water partition coefficient (Wildman–Crippen LogP) is 1.63. The molecule has 8 heteroatoms. The van der Waals surface area contributed by atoms with Crippen LogP contribution in [0.25, 0.3) is 11.1 Å². The van der Waals surface area contributed by atoms with Crippen LogP contribution < -0.4 is 11.1 Å². The van der Waals surface area contributed by atoms with Crippen LogP contribution in [0.2, 0.25) is 0 Å². The van der Waals surface area contributed by atoms with Gasteiger partial charge in [0.25, 0.3) is 5.91 Å². The highest BCUT2D eigenvalue weighted by Crippen LogP contribution is 2.15. The SMILES string of the molecule is CC(C)(C)CNC(=O)N1CCN(C(=O)c2ccc3oc(=O)[nH]c3c2)CC1. The molecule has 0 bridgehead atoms. The van der Waals surface area contributed by atoms with Crippen molar-refractivity contribution in [2.75, 3.05) is 32.7 Å². The summed E-state index contributed by atoms with van der Waals surface area (Å²) in [5.41, 5.74) is 1.44. The first kappa shape index (κ1) is 18.0. The Morgan fingerprint density at radius 3 is 2.46 bits per heavy atom. The fourth-order valence-corrected chi connectivity index (χ4v) is 2.83. The summed E-state index contributed by atoms with van der Waals surface area (Å²) in [6, 6.07) is 4.77. The molecule has 1 aliphatic heterocycles. The number of oxazole rings is 1. The van der Waals surface area contributed by atoms with Gasteiger partial charge < -0.3 is 19.5 Å². The number of rotatable bonds is 2. The van der Waals surface area contributed by atoms with E-state index in [-0.39, 0.29) is 17.4 Å². The molecule has 3 rings (SSSR count). The molecule has 0 radical (unpaired) electrons. The number of nitrogens with zero attached hydrogens (tertiary/aromatic N) is 2. The molecule has 2 N–H and O–H groups in total. The van der Waals surface area contributed by atoms with Crippen LogP contribution in [0, 0.1) is 5.41 Å².